The van der Waals surface area contributed by atoms with Crippen LogP contribution in [0.5, 0.6) is 0 Å². The second-order valence-corrected chi connectivity index (χ2v) is 3.47. The van der Waals surface area contributed by atoms with E-state index in [9.17, 15) is 4.79 Å². The minimum absolute atomic E-state index is 0.193. The number of hydrogen-bond donors (Lipinski definition) is 2. The van der Waals surface area contributed by atoms with Gasteiger partial charge >= 0.3 is 5.97 Å². The van der Waals surface area contributed by atoms with E-state index in [2.05, 4.69) is 15.3 Å². The quantitative estimate of drug-likeness (QED) is 0.465. The SMILES string of the molecule is CSc1nc(Cl)cc(NCC(=O)O)n1. The number of carbonyl (C=O) groups is 1. The van der Waals surface area contributed by atoms with Crippen LogP contribution < -0.4 is 5.32 Å². The predicted molar refractivity (Wildman–Crippen MR) is 54.9 cm³/mol. The van der Waals surface area contributed by atoms with Crippen LogP contribution in [-0.2, 0) is 4.79 Å². The monoisotopic (exact) mass is 233 g/mol. The summed E-state index contributed by atoms with van der Waals surface area (Å²) in [6.45, 7) is -0.193. The lowest BCUT2D eigenvalue weighted by Crippen LogP contribution is -2.13. The average Bonchev–Trinajstić information content (AvgIpc) is 2.14. The van der Waals surface area contributed by atoms with Gasteiger partial charge in [0.25, 0.3) is 0 Å². The van der Waals surface area contributed by atoms with Crippen LogP contribution in [-0.4, -0.2) is 33.8 Å². The van der Waals surface area contributed by atoms with Gasteiger partial charge < -0.3 is 10.4 Å². The Hall–Kier alpha value is -1.01. The zero-order chi connectivity index (χ0) is 10.6. The fourth-order valence-electron chi connectivity index (χ4n) is 0.745. The third-order valence-corrected chi connectivity index (χ3v) is 2.02. The van der Waals surface area contributed by atoms with E-state index in [1.807, 2.05) is 6.26 Å². The van der Waals surface area contributed by atoms with Gasteiger partial charge in [-0.2, -0.15) is 0 Å². The van der Waals surface area contributed by atoms with Crippen LogP contribution in [0.3, 0.4) is 0 Å². The van der Waals surface area contributed by atoms with Crippen molar-refractivity contribution in [2.75, 3.05) is 18.1 Å². The van der Waals surface area contributed by atoms with Gasteiger partial charge in [0.2, 0.25) is 0 Å². The van der Waals surface area contributed by atoms with E-state index in [0.29, 0.717) is 11.0 Å². The van der Waals surface area contributed by atoms with Gasteiger partial charge in [0.05, 0.1) is 0 Å². The highest BCUT2D eigenvalue weighted by Crippen LogP contribution is 2.16. The summed E-state index contributed by atoms with van der Waals surface area (Å²) < 4.78 is 0. The summed E-state index contributed by atoms with van der Waals surface area (Å²) in [6, 6.07) is 1.48. The fraction of sp³-hybridized carbons (Fsp3) is 0.286. The Kier molecular flexibility index (Phi) is 3.97. The van der Waals surface area contributed by atoms with Crippen LogP contribution in [0.2, 0.25) is 5.15 Å². The molecule has 0 saturated carbocycles. The molecule has 0 aliphatic heterocycles. The molecule has 0 aliphatic rings. The molecule has 0 aromatic carbocycles. The van der Waals surface area contributed by atoms with Gasteiger partial charge in [0.1, 0.15) is 17.5 Å². The van der Waals surface area contributed by atoms with E-state index in [1.54, 1.807) is 0 Å². The lowest BCUT2D eigenvalue weighted by Gasteiger charge is -2.03. The van der Waals surface area contributed by atoms with Crippen molar-refractivity contribution in [3.05, 3.63) is 11.2 Å². The number of rotatable bonds is 4. The second-order valence-electron chi connectivity index (χ2n) is 2.31. The molecule has 0 bridgehead atoms. The van der Waals surface area contributed by atoms with Crippen molar-refractivity contribution in [1.29, 1.82) is 0 Å². The number of carboxylic acid groups (broad SMARTS) is 1. The molecule has 5 nitrogen and oxygen atoms in total. The Labute approximate surface area is 89.9 Å². The summed E-state index contributed by atoms with van der Waals surface area (Å²) in [5.41, 5.74) is 0. The molecule has 0 spiro atoms. The Balaban J connectivity index is 2.76. The Morgan fingerprint density at radius 1 is 1.71 bits per heavy atom. The smallest absolute Gasteiger partial charge is 0.322 e. The first kappa shape index (κ1) is 11.1. The normalized spacial score (nSPS) is 9.86. The van der Waals surface area contributed by atoms with Crippen LogP contribution in [0.15, 0.2) is 11.2 Å². The van der Waals surface area contributed by atoms with Crippen LogP contribution >= 0.6 is 23.4 Å². The van der Waals surface area contributed by atoms with Gasteiger partial charge in [-0.15, -0.1) is 0 Å². The second kappa shape index (κ2) is 5.02. The van der Waals surface area contributed by atoms with E-state index < -0.39 is 5.97 Å². The maximum atomic E-state index is 10.3. The first-order chi connectivity index (χ1) is 6.61. The Bertz CT molecular complexity index is 348. The summed E-state index contributed by atoms with van der Waals surface area (Å²) in [6.07, 6.45) is 1.81. The zero-order valence-corrected chi connectivity index (χ0v) is 8.89. The highest BCUT2D eigenvalue weighted by molar-refractivity contribution is 7.98. The number of nitrogens with one attached hydrogen (secondary N) is 1. The van der Waals surface area contributed by atoms with Gasteiger partial charge in [-0.05, 0) is 6.26 Å². The molecule has 0 fully saturated rings. The van der Waals surface area contributed by atoms with Gasteiger partial charge in [0, 0.05) is 6.07 Å². The topological polar surface area (TPSA) is 75.1 Å². The first-order valence-electron chi connectivity index (χ1n) is 3.66. The van der Waals surface area contributed by atoms with Gasteiger partial charge in [-0.3, -0.25) is 4.79 Å². The lowest BCUT2D eigenvalue weighted by molar-refractivity contribution is -0.134. The van der Waals surface area contributed by atoms with Crippen molar-refractivity contribution in [3.8, 4) is 0 Å². The summed E-state index contributed by atoms with van der Waals surface area (Å²) >= 11 is 7.03. The molecule has 2 N–H and O–H groups in total. The summed E-state index contributed by atoms with van der Waals surface area (Å²) in [5.74, 6) is -0.540. The molecular weight excluding hydrogens is 226 g/mol. The van der Waals surface area contributed by atoms with E-state index in [-0.39, 0.29) is 11.7 Å². The third-order valence-electron chi connectivity index (χ3n) is 1.28. The fourth-order valence-corrected chi connectivity index (χ4v) is 1.36. The molecule has 0 amide bonds. The van der Waals surface area contributed by atoms with E-state index in [4.69, 9.17) is 16.7 Å². The summed E-state index contributed by atoms with van der Waals surface area (Å²) in [5, 5.41) is 11.8. The molecule has 0 aliphatic carbocycles. The summed E-state index contributed by atoms with van der Waals surface area (Å²) in [7, 11) is 0. The van der Waals surface area contributed by atoms with Gasteiger partial charge in [0.15, 0.2) is 5.16 Å². The van der Waals surface area contributed by atoms with Crippen molar-refractivity contribution in [2.24, 2.45) is 0 Å². The molecule has 0 atom stereocenters. The van der Waals surface area contributed by atoms with Crippen LogP contribution in [0.25, 0.3) is 0 Å². The van der Waals surface area contributed by atoms with Crippen molar-refractivity contribution in [1.82, 2.24) is 9.97 Å². The number of aliphatic carboxylic acids is 1. The van der Waals surface area contributed by atoms with E-state index in [0.717, 1.165) is 0 Å². The molecular formula is C7H8ClN3O2S. The number of anilines is 1. The maximum Gasteiger partial charge on any atom is 0.322 e. The molecule has 14 heavy (non-hydrogen) atoms. The Morgan fingerprint density at radius 3 is 3.00 bits per heavy atom. The number of thioether (sulfide) groups is 1. The minimum atomic E-state index is -0.953. The highest BCUT2D eigenvalue weighted by atomic mass is 35.5. The molecule has 1 aromatic heterocycles. The van der Waals surface area contributed by atoms with Crippen molar-refractivity contribution < 1.29 is 9.90 Å². The number of nitrogens with zero attached hydrogens (tertiary/aromatic N) is 2. The van der Waals surface area contributed by atoms with Gasteiger partial charge in [-0.25, -0.2) is 9.97 Å². The van der Waals surface area contributed by atoms with Crippen molar-refractivity contribution in [3.63, 3.8) is 0 Å². The minimum Gasteiger partial charge on any atom is -0.480 e. The molecule has 0 saturated heterocycles. The van der Waals surface area contributed by atoms with Crippen LogP contribution in [0, 0.1) is 0 Å². The average molecular weight is 234 g/mol. The standard InChI is InChI=1S/C7H8ClN3O2S/c1-14-7-10-4(8)2-5(11-7)9-3-6(12)13/h2H,3H2,1H3,(H,12,13)(H,9,10,11). The number of halogens is 1. The van der Waals surface area contributed by atoms with E-state index >= 15 is 0 Å². The molecule has 76 valence electrons. The van der Waals surface area contributed by atoms with Crippen molar-refractivity contribution in [2.45, 2.75) is 5.16 Å². The van der Waals surface area contributed by atoms with E-state index in [1.165, 1.54) is 17.8 Å². The lowest BCUT2D eigenvalue weighted by atomic mass is 10.5. The molecule has 1 aromatic rings. The van der Waals surface area contributed by atoms with Crippen LogP contribution in [0.4, 0.5) is 5.82 Å². The highest BCUT2D eigenvalue weighted by Gasteiger charge is 2.03. The van der Waals surface area contributed by atoms with Gasteiger partial charge in [-0.1, -0.05) is 23.4 Å². The number of hydrogen-bond acceptors (Lipinski definition) is 5. The van der Waals surface area contributed by atoms with Crippen LogP contribution in [0.1, 0.15) is 0 Å². The molecule has 7 heteroatoms. The first-order valence-corrected chi connectivity index (χ1v) is 5.26. The molecule has 1 rings (SSSR count). The molecule has 0 radical (unpaired) electrons. The third kappa shape index (κ3) is 3.39. The zero-order valence-electron chi connectivity index (χ0n) is 7.32. The summed E-state index contributed by atoms with van der Waals surface area (Å²) in [4.78, 5) is 18.2. The number of carboxylic acids is 1. The van der Waals surface area contributed by atoms with Crippen molar-refractivity contribution >= 4 is 35.1 Å². The Morgan fingerprint density at radius 2 is 2.43 bits per heavy atom. The maximum absolute atomic E-state index is 10.3. The molecule has 0 unspecified atom stereocenters. The molecule has 1 heterocycles. The predicted octanol–water partition coefficient (Wildman–Crippen LogP) is 1.35. The largest absolute Gasteiger partial charge is 0.480 e. The number of aromatic nitrogens is 2.